The summed E-state index contributed by atoms with van der Waals surface area (Å²) in [5, 5.41) is 12.0. The van der Waals surface area contributed by atoms with E-state index in [1.54, 1.807) is 0 Å². The van der Waals surface area contributed by atoms with Gasteiger partial charge < -0.3 is 59.2 Å². The van der Waals surface area contributed by atoms with E-state index in [2.05, 4.69) is 21.3 Å². The Labute approximate surface area is 296 Å². The van der Waals surface area contributed by atoms with Crippen molar-refractivity contribution in [3.05, 3.63) is 0 Å². The highest BCUT2D eigenvalue weighted by atomic mass is 127. The first-order chi connectivity index (χ1) is 23.1. The van der Waals surface area contributed by atoms with Crippen LogP contribution in [0.1, 0.15) is 25.7 Å². The predicted molar refractivity (Wildman–Crippen MR) is 185 cm³/mol. The Morgan fingerprint density at radius 2 is 1.06 bits per heavy atom. The van der Waals surface area contributed by atoms with Gasteiger partial charge in [0.2, 0.25) is 11.8 Å². The number of urea groups is 1. The van der Waals surface area contributed by atoms with E-state index in [4.69, 9.17) is 37.9 Å². The van der Waals surface area contributed by atoms with Gasteiger partial charge in [0.1, 0.15) is 0 Å². The molecule has 2 heterocycles. The highest BCUT2D eigenvalue weighted by Gasteiger charge is 2.42. The molecule has 4 N–H and O–H groups in total. The van der Waals surface area contributed by atoms with Gasteiger partial charge in [0.05, 0.1) is 122 Å². The second-order valence-corrected chi connectivity index (χ2v) is 12.6. The van der Waals surface area contributed by atoms with Gasteiger partial charge in [0, 0.05) is 30.5 Å². The average molecular weight is 807 g/mol. The maximum absolute atomic E-state index is 12.0. The summed E-state index contributed by atoms with van der Waals surface area (Å²) in [5.41, 5.74) is 0. The minimum Gasteiger partial charge on any atom is -0.377 e. The quantitative estimate of drug-likeness (QED) is 0.0314. The van der Waals surface area contributed by atoms with Crippen LogP contribution in [0.25, 0.3) is 0 Å². The molecule has 0 aromatic heterocycles. The van der Waals surface area contributed by atoms with E-state index in [1.807, 2.05) is 34.4 Å². The Balaban J connectivity index is 1.17. The van der Waals surface area contributed by atoms with Crippen molar-refractivity contribution < 1.29 is 52.3 Å². The van der Waals surface area contributed by atoms with Gasteiger partial charge in [0.15, 0.2) is 0 Å². The number of fused-ring (bicyclic) bond motifs is 1. The molecule has 0 saturated carbocycles. The number of halogens is 1. The number of thioether (sulfide) groups is 1. The summed E-state index contributed by atoms with van der Waals surface area (Å²) in [6.45, 7) is 8.68. The molecule has 274 valence electrons. The fraction of sp³-hybridized carbons (Fsp3) is 0.900. The molecule has 0 bridgehead atoms. The lowest BCUT2D eigenvalue weighted by atomic mass is 10.0. The summed E-state index contributed by atoms with van der Waals surface area (Å²) < 4.78 is 44.1. The van der Waals surface area contributed by atoms with Gasteiger partial charge in [-0.1, -0.05) is 29.0 Å². The third-order valence-electron chi connectivity index (χ3n) is 6.94. The zero-order chi connectivity index (χ0) is 33.6. The van der Waals surface area contributed by atoms with Crippen molar-refractivity contribution in [3.63, 3.8) is 0 Å². The van der Waals surface area contributed by atoms with E-state index in [0.717, 1.165) is 25.0 Å². The summed E-state index contributed by atoms with van der Waals surface area (Å²) in [6, 6.07) is 0.408. The summed E-state index contributed by atoms with van der Waals surface area (Å²) >= 11 is 3.92. The van der Waals surface area contributed by atoms with Crippen LogP contribution in [0.2, 0.25) is 0 Å². The van der Waals surface area contributed by atoms with Gasteiger partial charge >= 0.3 is 6.03 Å². The third kappa shape index (κ3) is 23.1. The van der Waals surface area contributed by atoms with E-state index in [-0.39, 0.29) is 29.9 Å². The fourth-order valence-electron chi connectivity index (χ4n) is 4.58. The number of carbonyl (C=O) groups excluding carboxylic acids is 3. The van der Waals surface area contributed by atoms with E-state index < -0.39 is 0 Å². The molecule has 2 rings (SSSR count). The molecule has 47 heavy (non-hydrogen) atoms. The van der Waals surface area contributed by atoms with Gasteiger partial charge in [-0.2, -0.15) is 11.8 Å². The summed E-state index contributed by atoms with van der Waals surface area (Å²) in [4.78, 5) is 34.5. The second-order valence-electron chi connectivity index (χ2n) is 10.6. The molecule has 17 heteroatoms. The van der Waals surface area contributed by atoms with Crippen LogP contribution in [0.4, 0.5) is 4.79 Å². The second kappa shape index (κ2) is 29.8. The largest absolute Gasteiger partial charge is 0.377 e. The van der Waals surface area contributed by atoms with Crippen LogP contribution in [-0.4, -0.2) is 164 Å². The molecule has 2 saturated heterocycles. The third-order valence-corrected chi connectivity index (χ3v) is 9.14. The van der Waals surface area contributed by atoms with Crippen molar-refractivity contribution in [1.82, 2.24) is 21.3 Å². The van der Waals surface area contributed by atoms with E-state index in [1.165, 1.54) is 0 Å². The molecule has 0 spiro atoms. The van der Waals surface area contributed by atoms with Gasteiger partial charge in [-0.05, 0) is 12.8 Å². The number of hydrogen-bond acceptors (Lipinski definition) is 12. The number of alkyl halides is 1. The maximum atomic E-state index is 12.0. The molecule has 0 aliphatic carbocycles. The van der Waals surface area contributed by atoms with Crippen molar-refractivity contribution >= 4 is 52.2 Å². The van der Waals surface area contributed by atoms with E-state index >= 15 is 0 Å². The van der Waals surface area contributed by atoms with Crippen molar-refractivity contribution in [3.8, 4) is 0 Å². The Morgan fingerprint density at radius 1 is 0.638 bits per heavy atom. The van der Waals surface area contributed by atoms with Crippen LogP contribution < -0.4 is 21.3 Å². The van der Waals surface area contributed by atoms with Crippen molar-refractivity contribution in [2.75, 3.05) is 129 Å². The first-order valence-electron chi connectivity index (χ1n) is 16.5. The Kier molecular flexibility index (Phi) is 26.8. The van der Waals surface area contributed by atoms with Crippen LogP contribution >= 0.6 is 34.4 Å². The number of amides is 4. The first kappa shape index (κ1) is 42.1. The number of ether oxygens (including phenoxy) is 8. The minimum atomic E-state index is -0.0609. The minimum absolute atomic E-state index is 0.00979. The molecule has 0 radical (unpaired) electrons. The molecule has 0 aromatic carbocycles. The van der Waals surface area contributed by atoms with Crippen LogP contribution in [0, 0.1) is 0 Å². The van der Waals surface area contributed by atoms with Crippen LogP contribution in [-0.2, 0) is 47.5 Å². The highest BCUT2D eigenvalue weighted by molar-refractivity contribution is 14.1. The number of carbonyl (C=O) groups is 3. The smallest absolute Gasteiger partial charge is 0.315 e. The molecule has 3 atom stereocenters. The average Bonchev–Trinajstić information content (AvgIpc) is 3.63. The molecule has 2 fully saturated rings. The molecule has 2 aliphatic heterocycles. The molecule has 2 aliphatic rings. The van der Waals surface area contributed by atoms with Crippen LogP contribution in [0.5, 0.6) is 0 Å². The number of nitrogens with one attached hydrogen (secondary N) is 4. The monoisotopic (exact) mass is 806 g/mol. The summed E-state index contributed by atoms with van der Waals surface area (Å²) in [7, 11) is 0. The first-order valence-corrected chi connectivity index (χ1v) is 19.1. The zero-order valence-electron chi connectivity index (χ0n) is 27.5. The fourth-order valence-corrected chi connectivity index (χ4v) is 6.39. The number of unbranched alkanes of at least 4 members (excludes halogenated alkanes) is 1. The van der Waals surface area contributed by atoms with Crippen molar-refractivity contribution in [1.29, 1.82) is 0 Å². The normalized spacial score (nSPS) is 18.6. The predicted octanol–water partition coefficient (Wildman–Crippen LogP) is 0.512. The molecular weight excluding hydrogens is 751 g/mol. The Bertz CT molecular complexity index is 824. The molecule has 0 unspecified atom stereocenters. The van der Waals surface area contributed by atoms with Gasteiger partial charge in [-0.15, -0.1) is 0 Å². The standard InChI is InChI=1S/C30H55IN4O11S/c31-23-28(37)33-6-8-40-10-12-42-14-16-44-18-20-46-22-21-45-19-17-43-15-13-41-11-9-39-7-5-32-27(36)4-2-1-3-26-29-25(24-47-26)34-30(38)35-29/h25-26,29H,1-24H2,(H,32,36)(H,33,37)(H2,34,35,38)/t25-,26-,29-/m0/s1. The van der Waals surface area contributed by atoms with Gasteiger partial charge in [0.25, 0.3) is 0 Å². The lowest BCUT2D eigenvalue weighted by Gasteiger charge is -2.16. The molecule has 4 amide bonds. The maximum Gasteiger partial charge on any atom is 0.315 e. The molecule has 0 aromatic rings. The summed E-state index contributed by atoms with van der Waals surface area (Å²) in [6.07, 6.45) is 3.34. The van der Waals surface area contributed by atoms with E-state index in [9.17, 15) is 14.4 Å². The van der Waals surface area contributed by atoms with Crippen molar-refractivity contribution in [2.45, 2.75) is 43.0 Å². The molecular formula is C30H55IN4O11S. The number of hydrogen-bond donors (Lipinski definition) is 4. The van der Waals surface area contributed by atoms with E-state index in [0.29, 0.717) is 135 Å². The topological polar surface area (TPSA) is 173 Å². The zero-order valence-corrected chi connectivity index (χ0v) is 30.5. The van der Waals surface area contributed by atoms with Gasteiger partial charge in [-0.3, -0.25) is 9.59 Å². The lowest BCUT2D eigenvalue weighted by Crippen LogP contribution is -2.36. The lowest BCUT2D eigenvalue weighted by molar-refractivity contribution is -0.121. The van der Waals surface area contributed by atoms with Crippen LogP contribution in [0.15, 0.2) is 0 Å². The SMILES string of the molecule is O=C(CI)NCCOCCOCCOCCOCCOCCOCCOCCOCCNC(=O)CCCC[C@@H]1SC[C@@H]2NC(=O)N[C@@H]21. The van der Waals surface area contributed by atoms with Gasteiger partial charge in [-0.25, -0.2) is 4.79 Å². The summed E-state index contributed by atoms with van der Waals surface area (Å²) in [5.74, 6) is 1.01. The highest BCUT2D eigenvalue weighted by Crippen LogP contribution is 2.33. The molecule has 15 nitrogen and oxygen atoms in total. The van der Waals surface area contributed by atoms with Crippen LogP contribution in [0.3, 0.4) is 0 Å². The Morgan fingerprint density at radius 3 is 1.51 bits per heavy atom. The number of rotatable bonds is 33. The van der Waals surface area contributed by atoms with Crippen molar-refractivity contribution in [2.24, 2.45) is 0 Å². The Hall–Kier alpha value is -1.03.